The van der Waals surface area contributed by atoms with Crippen molar-refractivity contribution in [2.45, 2.75) is 39.8 Å². The van der Waals surface area contributed by atoms with Crippen LogP contribution in [0.4, 0.5) is 0 Å². The van der Waals surface area contributed by atoms with Gasteiger partial charge in [0.1, 0.15) is 11.8 Å². The highest BCUT2D eigenvalue weighted by Gasteiger charge is 2.30. The van der Waals surface area contributed by atoms with Crippen molar-refractivity contribution in [3.8, 4) is 5.75 Å². The Kier molecular flexibility index (Phi) is 9.11. The number of hydrogen-bond donors (Lipinski definition) is 1. The molecule has 0 bridgehead atoms. The molecule has 5 nitrogen and oxygen atoms in total. The van der Waals surface area contributed by atoms with E-state index in [1.54, 1.807) is 23.1 Å². The zero-order valence-electron chi connectivity index (χ0n) is 19.9. The number of rotatable bonds is 10. The third kappa shape index (κ3) is 6.84. The van der Waals surface area contributed by atoms with E-state index in [9.17, 15) is 9.59 Å². The van der Waals surface area contributed by atoms with E-state index in [4.69, 9.17) is 16.3 Å². The van der Waals surface area contributed by atoms with Crippen molar-refractivity contribution in [1.82, 2.24) is 10.2 Å². The molecule has 0 aliphatic heterocycles. The first kappa shape index (κ1) is 25.3. The number of halogens is 1. The number of nitrogens with zero attached hydrogens (tertiary/aromatic N) is 1. The monoisotopic (exact) mass is 478 g/mol. The average Bonchev–Trinajstić information content (AvgIpc) is 2.83. The molecule has 0 aliphatic carbocycles. The van der Waals surface area contributed by atoms with E-state index >= 15 is 0 Å². The fourth-order valence-electron chi connectivity index (χ4n) is 3.75. The maximum atomic E-state index is 13.5. The Morgan fingerprint density at radius 3 is 2.35 bits per heavy atom. The van der Waals surface area contributed by atoms with E-state index in [0.29, 0.717) is 30.3 Å². The highest BCUT2D eigenvalue weighted by molar-refractivity contribution is 6.31. The fraction of sp³-hybridized carbons (Fsp3) is 0.286. The third-order valence-electron chi connectivity index (χ3n) is 5.72. The number of aryl methyl sites for hydroxylation is 2. The highest BCUT2D eigenvalue weighted by Crippen LogP contribution is 2.22. The third-order valence-corrected chi connectivity index (χ3v) is 6.14. The molecule has 0 heterocycles. The van der Waals surface area contributed by atoms with E-state index in [2.05, 4.69) is 5.32 Å². The van der Waals surface area contributed by atoms with Gasteiger partial charge in [0.2, 0.25) is 5.91 Å². The van der Waals surface area contributed by atoms with Crippen molar-refractivity contribution in [2.24, 2.45) is 0 Å². The van der Waals surface area contributed by atoms with Crippen molar-refractivity contribution < 1.29 is 14.3 Å². The minimum Gasteiger partial charge on any atom is -0.484 e. The number of likely N-dealkylation sites (N-methyl/N-ethyl adjacent to an activating group) is 1. The molecular formula is C28H31ClN2O3. The number of carbonyl (C=O) groups is 2. The Morgan fingerprint density at radius 2 is 1.68 bits per heavy atom. The Morgan fingerprint density at radius 1 is 0.971 bits per heavy atom. The second kappa shape index (κ2) is 12.2. The summed E-state index contributed by atoms with van der Waals surface area (Å²) in [6.07, 6.45) is 0.407. The Hall–Kier alpha value is -3.31. The molecule has 1 atom stereocenters. The van der Waals surface area contributed by atoms with Gasteiger partial charge in [-0.3, -0.25) is 9.59 Å². The summed E-state index contributed by atoms with van der Waals surface area (Å²) in [6, 6.07) is 22.2. The highest BCUT2D eigenvalue weighted by atomic mass is 35.5. The van der Waals surface area contributed by atoms with E-state index in [1.165, 1.54) is 0 Å². The maximum absolute atomic E-state index is 13.5. The number of amides is 2. The SMILES string of the molecule is CCNC(=O)[C@H](Cc1ccccc1)N(Cc1ccccc1C)C(=O)COc1ccc(Cl)c(C)c1. The van der Waals surface area contributed by atoms with Crippen LogP contribution in [0.5, 0.6) is 5.75 Å². The Labute approximate surface area is 206 Å². The molecule has 0 aliphatic rings. The molecule has 3 aromatic carbocycles. The van der Waals surface area contributed by atoms with Crippen molar-refractivity contribution in [3.63, 3.8) is 0 Å². The van der Waals surface area contributed by atoms with Gasteiger partial charge in [-0.05, 0) is 61.2 Å². The van der Waals surface area contributed by atoms with E-state index < -0.39 is 6.04 Å². The maximum Gasteiger partial charge on any atom is 0.261 e. The number of carbonyl (C=O) groups excluding carboxylic acids is 2. The smallest absolute Gasteiger partial charge is 0.261 e. The first-order valence-corrected chi connectivity index (χ1v) is 11.8. The Balaban J connectivity index is 1.90. The van der Waals surface area contributed by atoms with Gasteiger partial charge < -0.3 is 15.0 Å². The standard InChI is InChI=1S/C28H31ClN2O3/c1-4-30-28(33)26(17-22-11-6-5-7-12-22)31(18-23-13-9-8-10-20(23)2)27(32)19-34-24-14-15-25(29)21(3)16-24/h5-16,26H,4,17-19H2,1-3H3,(H,30,33)/t26-/m0/s1. The van der Waals surface area contributed by atoms with Gasteiger partial charge in [-0.15, -0.1) is 0 Å². The minimum atomic E-state index is -0.676. The number of nitrogens with one attached hydrogen (secondary N) is 1. The molecule has 0 radical (unpaired) electrons. The summed E-state index contributed by atoms with van der Waals surface area (Å²) in [5.74, 6) is 0.113. The van der Waals surface area contributed by atoms with Crippen molar-refractivity contribution in [2.75, 3.05) is 13.2 Å². The van der Waals surface area contributed by atoms with Crippen LogP contribution in [-0.4, -0.2) is 35.9 Å². The van der Waals surface area contributed by atoms with Crippen LogP contribution < -0.4 is 10.1 Å². The summed E-state index contributed by atoms with van der Waals surface area (Å²) < 4.78 is 5.81. The van der Waals surface area contributed by atoms with Crippen LogP contribution in [0.25, 0.3) is 0 Å². The molecule has 0 spiro atoms. The van der Waals surface area contributed by atoms with Crippen molar-refractivity contribution >= 4 is 23.4 Å². The van der Waals surface area contributed by atoms with Gasteiger partial charge in [0.05, 0.1) is 0 Å². The fourth-order valence-corrected chi connectivity index (χ4v) is 3.87. The van der Waals surface area contributed by atoms with Gasteiger partial charge in [0, 0.05) is 24.5 Å². The van der Waals surface area contributed by atoms with Crippen LogP contribution in [0.2, 0.25) is 5.02 Å². The number of benzene rings is 3. The molecule has 0 saturated heterocycles. The van der Waals surface area contributed by atoms with Gasteiger partial charge in [-0.1, -0.05) is 66.2 Å². The summed E-state index contributed by atoms with van der Waals surface area (Å²) in [5, 5.41) is 3.54. The van der Waals surface area contributed by atoms with Crippen LogP contribution in [0.1, 0.15) is 29.2 Å². The van der Waals surface area contributed by atoms with Crippen LogP contribution in [-0.2, 0) is 22.6 Å². The lowest BCUT2D eigenvalue weighted by Gasteiger charge is -2.31. The summed E-state index contributed by atoms with van der Waals surface area (Å²) in [4.78, 5) is 28.3. The predicted molar refractivity (Wildman–Crippen MR) is 136 cm³/mol. The number of ether oxygens (including phenoxy) is 1. The first-order chi connectivity index (χ1) is 16.4. The predicted octanol–water partition coefficient (Wildman–Crippen LogP) is 5.11. The molecule has 178 valence electrons. The zero-order valence-corrected chi connectivity index (χ0v) is 20.6. The van der Waals surface area contributed by atoms with Crippen molar-refractivity contribution in [3.05, 3.63) is 100 Å². The molecule has 1 N–H and O–H groups in total. The topological polar surface area (TPSA) is 58.6 Å². The average molecular weight is 479 g/mol. The number of hydrogen-bond acceptors (Lipinski definition) is 3. The molecule has 0 fully saturated rings. The van der Waals surface area contributed by atoms with Crippen LogP contribution in [0.15, 0.2) is 72.8 Å². The van der Waals surface area contributed by atoms with Crippen LogP contribution in [0.3, 0.4) is 0 Å². The van der Waals surface area contributed by atoms with E-state index in [1.807, 2.05) is 75.4 Å². The minimum absolute atomic E-state index is 0.183. The van der Waals surface area contributed by atoms with Gasteiger partial charge in [-0.25, -0.2) is 0 Å². The molecular weight excluding hydrogens is 448 g/mol. The van der Waals surface area contributed by atoms with Gasteiger partial charge >= 0.3 is 0 Å². The first-order valence-electron chi connectivity index (χ1n) is 11.4. The molecule has 0 saturated carbocycles. The largest absolute Gasteiger partial charge is 0.484 e. The molecule has 2 amide bonds. The van der Waals surface area contributed by atoms with Crippen LogP contribution in [0, 0.1) is 13.8 Å². The van der Waals surface area contributed by atoms with Gasteiger partial charge in [0.25, 0.3) is 5.91 Å². The van der Waals surface area contributed by atoms with Gasteiger partial charge in [0.15, 0.2) is 6.61 Å². The summed E-state index contributed by atoms with van der Waals surface area (Å²) >= 11 is 6.11. The van der Waals surface area contributed by atoms with E-state index in [-0.39, 0.29) is 18.4 Å². The zero-order chi connectivity index (χ0) is 24.5. The van der Waals surface area contributed by atoms with E-state index in [0.717, 1.165) is 22.3 Å². The van der Waals surface area contributed by atoms with Crippen LogP contribution >= 0.6 is 11.6 Å². The quantitative estimate of drug-likeness (QED) is 0.440. The summed E-state index contributed by atoms with van der Waals surface area (Å²) in [7, 11) is 0. The lowest BCUT2D eigenvalue weighted by atomic mass is 10.0. The summed E-state index contributed by atoms with van der Waals surface area (Å²) in [5.41, 5.74) is 3.90. The second-order valence-electron chi connectivity index (χ2n) is 8.25. The lowest BCUT2D eigenvalue weighted by Crippen LogP contribution is -2.51. The molecule has 3 aromatic rings. The second-order valence-corrected chi connectivity index (χ2v) is 8.66. The molecule has 6 heteroatoms. The van der Waals surface area contributed by atoms with Gasteiger partial charge in [-0.2, -0.15) is 0 Å². The molecule has 3 rings (SSSR count). The molecule has 0 unspecified atom stereocenters. The lowest BCUT2D eigenvalue weighted by molar-refractivity contribution is -0.142. The molecule has 0 aromatic heterocycles. The van der Waals surface area contributed by atoms with Crippen molar-refractivity contribution in [1.29, 1.82) is 0 Å². The normalized spacial score (nSPS) is 11.5. The summed E-state index contributed by atoms with van der Waals surface area (Å²) in [6.45, 7) is 6.37. The Bertz CT molecular complexity index is 1120. The molecule has 34 heavy (non-hydrogen) atoms.